The van der Waals surface area contributed by atoms with Gasteiger partial charge in [0.2, 0.25) is 0 Å². The summed E-state index contributed by atoms with van der Waals surface area (Å²) in [7, 11) is 0. The van der Waals surface area contributed by atoms with Crippen molar-refractivity contribution in [1.29, 1.82) is 0 Å². The molecule has 0 fully saturated rings. The Kier molecular flexibility index (Phi) is 1.79. The Bertz CT molecular complexity index is 182. The highest BCUT2D eigenvalue weighted by atomic mass is 15.1. The average molecular weight is 138 g/mol. The van der Waals surface area contributed by atoms with Crippen LogP contribution >= 0.6 is 0 Å². The lowest BCUT2D eigenvalue weighted by Crippen LogP contribution is -2.08. The highest BCUT2D eigenvalue weighted by molar-refractivity contribution is 5.04. The summed E-state index contributed by atoms with van der Waals surface area (Å²) in [5.41, 5.74) is 1.65. The third-order valence-corrected chi connectivity index (χ3v) is 1.29. The molecule has 1 rings (SSSR count). The number of nitrogens with one attached hydrogen (secondary N) is 1. The SMILES string of the molecule is CC(C)(C)Cc1cn[nH]c1. The van der Waals surface area contributed by atoms with Gasteiger partial charge in [-0.1, -0.05) is 20.8 Å². The van der Waals surface area contributed by atoms with Crippen molar-refractivity contribution in [2.45, 2.75) is 27.2 Å². The van der Waals surface area contributed by atoms with Crippen LogP contribution in [0.15, 0.2) is 12.4 Å². The van der Waals surface area contributed by atoms with E-state index in [0.717, 1.165) is 6.42 Å². The molecule has 1 aromatic rings. The number of hydrogen-bond acceptors (Lipinski definition) is 1. The van der Waals surface area contributed by atoms with Crippen LogP contribution in [0, 0.1) is 5.41 Å². The topological polar surface area (TPSA) is 28.7 Å². The summed E-state index contributed by atoms with van der Waals surface area (Å²) in [6.07, 6.45) is 4.92. The van der Waals surface area contributed by atoms with Gasteiger partial charge in [-0.15, -0.1) is 0 Å². The molecule has 1 heterocycles. The molecule has 0 aliphatic heterocycles. The van der Waals surface area contributed by atoms with Gasteiger partial charge in [0, 0.05) is 6.20 Å². The van der Waals surface area contributed by atoms with Crippen molar-refractivity contribution in [2.75, 3.05) is 0 Å². The summed E-state index contributed by atoms with van der Waals surface area (Å²) >= 11 is 0. The molecule has 1 aromatic heterocycles. The van der Waals surface area contributed by atoms with Gasteiger partial charge in [0.1, 0.15) is 0 Å². The van der Waals surface area contributed by atoms with Gasteiger partial charge in [-0.25, -0.2) is 0 Å². The smallest absolute Gasteiger partial charge is 0.0519 e. The predicted octanol–water partition coefficient (Wildman–Crippen LogP) is 2.00. The normalized spacial score (nSPS) is 11.9. The molecule has 10 heavy (non-hydrogen) atoms. The molecule has 56 valence electrons. The average Bonchev–Trinajstić information content (AvgIpc) is 2.12. The van der Waals surface area contributed by atoms with E-state index in [4.69, 9.17) is 0 Å². The summed E-state index contributed by atoms with van der Waals surface area (Å²) in [5, 5.41) is 6.68. The van der Waals surface area contributed by atoms with E-state index in [1.807, 2.05) is 12.4 Å². The zero-order valence-electron chi connectivity index (χ0n) is 6.81. The van der Waals surface area contributed by atoms with Crippen molar-refractivity contribution in [3.05, 3.63) is 18.0 Å². The van der Waals surface area contributed by atoms with Gasteiger partial charge in [0.05, 0.1) is 6.20 Å². The second-order valence-corrected chi connectivity index (χ2v) is 3.84. The van der Waals surface area contributed by atoms with Crippen molar-refractivity contribution in [2.24, 2.45) is 5.41 Å². The Morgan fingerprint density at radius 3 is 2.60 bits per heavy atom. The summed E-state index contributed by atoms with van der Waals surface area (Å²) < 4.78 is 0. The summed E-state index contributed by atoms with van der Waals surface area (Å²) in [5.74, 6) is 0. The molecule has 0 aliphatic rings. The number of H-pyrrole nitrogens is 1. The lowest BCUT2D eigenvalue weighted by molar-refractivity contribution is 0.411. The number of hydrogen-bond donors (Lipinski definition) is 1. The molecule has 0 saturated carbocycles. The maximum atomic E-state index is 3.88. The largest absolute Gasteiger partial charge is 0.285 e. The van der Waals surface area contributed by atoms with E-state index < -0.39 is 0 Å². The third-order valence-electron chi connectivity index (χ3n) is 1.29. The van der Waals surface area contributed by atoms with Crippen molar-refractivity contribution in [1.82, 2.24) is 10.2 Å². The quantitative estimate of drug-likeness (QED) is 0.631. The maximum absolute atomic E-state index is 3.88. The van der Waals surface area contributed by atoms with Crippen molar-refractivity contribution in [3.8, 4) is 0 Å². The highest BCUT2D eigenvalue weighted by Gasteiger charge is 2.10. The minimum Gasteiger partial charge on any atom is -0.285 e. The van der Waals surface area contributed by atoms with E-state index in [2.05, 4.69) is 31.0 Å². The van der Waals surface area contributed by atoms with Gasteiger partial charge in [-0.2, -0.15) is 5.10 Å². The van der Waals surface area contributed by atoms with Crippen LogP contribution in [-0.4, -0.2) is 10.2 Å². The van der Waals surface area contributed by atoms with Crippen LogP contribution in [0.4, 0.5) is 0 Å². The van der Waals surface area contributed by atoms with Gasteiger partial charge < -0.3 is 0 Å². The molecule has 1 N–H and O–H groups in total. The van der Waals surface area contributed by atoms with Crippen molar-refractivity contribution < 1.29 is 0 Å². The summed E-state index contributed by atoms with van der Waals surface area (Å²) in [4.78, 5) is 0. The lowest BCUT2D eigenvalue weighted by atomic mass is 9.89. The molecule has 0 aliphatic carbocycles. The fourth-order valence-corrected chi connectivity index (χ4v) is 0.987. The standard InChI is InChI=1S/C8H14N2/c1-8(2,3)4-7-5-9-10-6-7/h5-6H,4H2,1-3H3,(H,9,10). The number of rotatable bonds is 1. The number of nitrogens with zero attached hydrogens (tertiary/aromatic N) is 1. The van der Waals surface area contributed by atoms with E-state index in [9.17, 15) is 0 Å². The van der Waals surface area contributed by atoms with Gasteiger partial charge in [-0.05, 0) is 17.4 Å². The molecule has 0 spiro atoms. The van der Waals surface area contributed by atoms with Crippen LogP contribution in [0.2, 0.25) is 0 Å². The van der Waals surface area contributed by atoms with E-state index in [1.54, 1.807) is 0 Å². The zero-order valence-corrected chi connectivity index (χ0v) is 6.81. The third kappa shape index (κ3) is 2.21. The first kappa shape index (κ1) is 7.32. The Morgan fingerprint density at radius 2 is 2.20 bits per heavy atom. The monoisotopic (exact) mass is 138 g/mol. The van der Waals surface area contributed by atoms with Gasteiger partial charge in [-0.3, -0.25) is 5.10 Å². The van der Waals surface area contributed by atoms with E-state index >= 15 is 0 Å². The van der Waals surface area contributed by atoms with Crippen LogP contribution in [0.1, 0.15) is 26.3 Å². The molecular weight excluding hydrogens is 124 g/mol. The predicted molar refractivity (Wildman–Crippen MR) is 41.7 cm³/mol. The van der Waals surface area contributed by atoms with Gasteiger partial charge in [0.15, 0.2) is 0 Å². The van der Waals surface area contributed by atoms with Crippen molar-refractivity contribution in [3.63, 3.8) is 0 Å². The molecule has 0 bridgehead atoms. The second kappa shape index (κ2) is 2.45. The van der Waals surface area contributed by atoms with Gasteiger partial charge >= 0.3 is 0 Å². The molecule has 0 amide bonds. The van der Waals surface area contributed by atoms with Crippen molar-refractivity contribution >= 4 is 0 Å². The minimum absolute atomic E-state index is 0.365. The van der Waals surface area contributed by atoms with Crippen LogP contribution < -0.4 is 0 Å². The Morgan fingerprint density at radius 1 is 1.50 bits per heavy atom. The Hall–Kier alpha value is -0.790. The number of aromatic nitrogens is 2. The Labute approximate surface area is 61.7 Å². The van der Waals surface area contributed by atoms with E-state index in [-0.39, 0.29) is 0 Å². The summed E-state index contributed by atoms with van der Waals surface area (Å²) in [6.45, 7) is 6.67. The van der Waals surface area contributed by atoms with E-state index in [0.29, 0.717) is 5.41 Å². The fourth-order valence-electron chi connectivity index (χ4n) is 0.987. The molecular formula is C8H14N2. The van der Waals surface area contributed by atoms with E-state index in [1.165, 1.54) is 5.56 Å². The lowest BCUT2D eigenvalue weighted by Gasteiger charge is -2.15. The molecule has 0 saturated heterocycles. The molecule has 0 atom stereocenters. The molecule has 0 radical (unpaired) electrons. The molecule has 2 nitrogen and oxygen atoms in total. The Balaban J connectivity index is 2.57. The fraction of sp³-hybridized carbons (Fsp3) is 0.625. The maximum Gasteiger partial charge on any atom is 0.0519 e. The molecule has 2 heteroatoms. The first-order chi connectivity index (χ1) is 4.58. The number of aromatic amines is 1. The first-order valence-electron chi connectivity index (χ1n) is 3.55. The summed E-state index contributed by atoms with van der Waals surface area (Å²) in [6, 6.07) is 0. The molecule has 0 aromatic carbocycles. The molecule has 0 unspecified atom stereocenters. The van der Waals surface area contributed by atoms with Crippen LogP contribution in [0.5, 0.6) is 0 Å². The zero-order chi connectivity index (χ0) is 7.61. The second-order valence-electron chi connectivity index (χ2n) is 3.84. The van der Waals surface area contributed by atoms with Crippen LogP contribution in [-0.2, 0) is 6.42 Å². The van der Waals surface area contributed by atoms with Crippen LogP contribution in [0.3, 0.4) is 0 Å². The van der Waals surface area contributed by atoms with Crippen LogP contribution in [0.25, 0.3) is 0 Å². The first-order valence-corrected chi connectivity index (χ1v) is 3.55. The highest BCUT2D eigenvalue weighted by Crippen LogP contribution is 2.18. The minimum atomic E-state index is 0.365. The van der Waals surface area contributed by atoms with Gasteiger partial charge in [0.25, 0.3) is 0 Å².